The maximum absolute atomic E-state index is 12.9. The van der Waals surface area contributed by atoms with Gasteiger partial charge < -0.3 is 9.47 Å². The Hall–Kier alpha value is -2.42. The molecule has 0 amide bonds. The molecule has 24 heavy (non-hydrogen) atoms. The Morgan fingerprint density at radius 1 is 1.04 bits per heavy atom. The van der Waals surface area contributed by atoms with Gasteiger partial charge in [-0.3, -0.25) is 0 Å². The Morgan fingerprint density at radius 2 is 1.88 bits per heavy atom. The Morgan fingerprint density at radius 3 is 2.71 bits per heavy atom. The molecule has 0 radical (unpaired) electrons. The molecular weight excluding hydrogens is 338 g/mol. The highest BCUT2D eigenvalue weighted by Gasteiger charge is 2.17. The van der Waals surface area contributed by atoms with Crippen LogP contribution in [-0.4, -0.2) is 33.0 Å². The fraction of sp³-hybridized carbons (Fsp3) is 0.267. The van der Waals surface area contributed by atoms with Crippen LogP contribution in [0.3, 0.4) is 0 Å². The standard InChI is InChI=1S/C15H12F2N4O2S/c16-14(17)15-19-18-12-4-5-13(20-21(12)15)24-9-2-3-10-11(8-9)23-7-1-6-22-10/h2-5,8,14H,1,6-7H2. The Bertz CT molecular complexity index is 887. The monoisotopic (exact) mass is 350 g/mol. The summed E-state index contributed by atoms with van der Waals surface area (Å²) in [6.45, 7) is 1.23. The minimum Gasteiger partial charge on any atom is -0.490 e. The van der Waals surface area contributed by atoms with E-state index in [1.54, 1.807) is 12.1 Å². The number of hydrogen-bond donors (Lipinski definition) is 0. The van der Waals surface area contributed by atoms with Crippen molar-refractivity contribution in [3.63, 3.8) is 0 Å². The first kappa shape index (κ1) is 15.1. The van der Waals surface area contributed by atoms with Crippen LogP contribution in [0, 0.1) is 0 Å². The fourth-order valence-electron chi connectivity index (χ4n) is 2.31. The largest absolute Gasteiger partial charge is 0.490 e. The lowest BCUT2D eigenvalue weighted by Gasteiger charge is -2.09. The highest BCUT2D eigenvalue weighted by molar-refractivity contribution is 7.99. The third kappa shape index (κ3) is 2.86. The van der Waals surface area contributed by atoms with E-state index >= 15 is 0 Å². The molecule has 4 rings (SSSR count). The van der Waals surface area contributed by atoms with Gasteiger partial charge in [-0.05, 0) is 30.3 Å². The predicted octanol–water partition coefficient (Wildman–Crippen LogP) is 3.37. The minimum absolute atomic E-state index is 0.285. The molecule has 6 nitrogen and oxygen atoms in total. The fourth-order valence-corrected chi connectivity index (χ4v) is 3.11. The zero-order chi connectivity index (χ0) is 16.5. The van der Waals surface area contributed by atoms with E-state index in [1.165, 1.54) is 11.8 Å². The quantitative estimate of drug-likeness (QED) is 0.722. The number of nitrogens with zero attached hydrogens (tertiary/aromatic N) is 4. The molecule has 1 aliphatic heterocycles. The number of fused-ring (bicyclic) bond motifs is 2. The van der Waals surface area contributed by atoms with E-state index in [9.17, 15) is 8.78 Å². The van der Waals surface area contributed by atoms with Crippen LogP contribution in [-0.2, 0) is 0 Å². The molecule has 0 saturated carbocycles. The predicted molar refractivity (Wildman–Crippen MR) is 81.9 cm³/mol. The van der Waals surface area contributed by atoms with E-state index in [1.807, 2.05) is 18.2 Å². The normalized spacial score (nSPS) is 14.1. The first-order valence-corrected chi connectivity index (χ1v) is 8.10. The van der Waals surface area contributed by atoms with Crippen LogP contribution in [0.15, 0.2) is 40.3 Å². The van der Waals surface area contributed by atoms with Crippen LogP contribution < -0.4 is 9.47 Å². The summed E-state index contributed by atoms with van der Waals surface area (Å²) < 4.78 is 38.1. The molecule has 9 heteroatoms. The molecule has 0 N–H and O–H groups in total. The van der Waals surface area contributed by atoms with Crippen LogP contribution in [0.2, 0.25) is 0 Å². The molecule has 0 atom stereocenters. The third-order valence-corrected chi connectivity index (χ3v) is 4.32. The zero-order valence-corrected chi connectivity index (χ0v) is 13.2. The topological polar surface area (TPSA) is 61.5 Å². The van der Waals surface area contributed by atoms with Crippen LogP contribution >= 0.6 is 11.8 Å². The summed E-state index contributed by atoms with van der Waals surface area (Å²) in [4.78, 5) is 0.873. The first-order valence-electron chi connectivity index (χ1n) is 7.29. The number of benzene rings is 1. The van der Waals surface area contributed by atoms with Gasteiger partial charge in [0.25, 0.3) is 6.43 Å². The van der Waals surface area contributed by atoms with Crippen molar-refractivity contribution in [2.75, 3.05) is 13.2 Å². The van der Waals surface area contributed by atoms with E-state index < -0.39 is 12.2 Å². The van der Waals surface area contributed by atoms with Gasteiger partial charge in [0.05, 0.1) is 13.2 Å². The lowest BCUT2D eigenvalue weighted by Crippen LogP contribution is -2.00. The molecular formula is C15H12F2N4O2S. The van der Waals surface area contributed by atoms with Gasteiger partial charge in [-0.2, -0.15) is 9.61 Å². The van der Waals surface area contributed by atoms with E-state index in [0.29, 0.717) is 29.7 Å². The van der Waals surface area contributed by atoms with E-state index in [-0.39, 0.29) is 5.65 Å². The number of halogens is 2. The van der Waals surface area contributed by atoms with Crippen LogP contribution in [0.1, 0.15) is 18.7 Å². The van der Waals surface area contributed by atoms with Gasteiger partial charge in [0.1, 0.15) is 5.03 Å². The maximum Gasteiger partial charge on any atom is 0.299 e. The highest BCUT2D eigenvalue weighted by atomic mass is 32.2. The van der Waals surface area contributed by atoms with Gasteiger partial charge in [0.15, 0.2) is 17.1 Å². The zero-order valence-electron chi connectivity index (χ0n) is 12.4. The summed E-state index contributed by atoms with van der Waals surface area (Å²) >= 11 is 1.34. The van der Waals surface area contributed by atoms with Crippen molar-refractivity contribution in [1.82, 2.24) is 19.8 Å². The van der Waals surface area contributed by atoms with Crippen molar-refractivity contribution in [3.8, 4) is 11.5 Å². The molecule has 2 aromatic heterocycles. The lowest BCUT2D eigenvalue weighted by atomic mass is 10.3. The van der Waals surface area contributed by atoms with Crippen molar-refractivity contribution in [1.29, 1.82) is 0 Å². The molecule has 0 aliphatic carbocycles. The van der Waals surface area contributed by atoms with E-state index in [0.717, 1.165) is 15.8 Å². The summed E-state index contributed by atoms with van der Waals surface area (Å²) in [5, 5.41) is 11.9. The highest BCUT2D eigenvalue weighted by Crippen LogP contribution is 2.36. The Labute approximate surface area is 139 Å². The third-order valence-electron chi connectivity index (χ3n) is 3.40. The summed E-state index contributed by atoms with van der Waals surface area (Å²) in [5.41, 5.74) is 0.285. The summed E-state index contributed by atoms with van der Waals surface area (Å²) in [6.07, 6.45) is -1.90. The van der Waals surface area contributed by atoms with Gasteiger partial charge in [0, 0.05) is 11.3 Å². The number of ether oxygens (including phenoxy) is 2. The van der Waals surface area contributed by atoms with E-state index in [4.69, 9.17) is 9.47 Å². The molecule has 3 heterocycles. The van der Waals surface area contributed by atoms with Crippen LogP contribution in [0.25, 0.3) is 5.65 Å². The summed E-state index contributed by atoms with van der Waals surface area (Å²) in [7, 11) is 0. The van der Waals surface area contributed by atoms with Gasteiger partial charge in [-0.1, -0.05) is 11.8 Å². The van der Waals surface area contributed by atoms with Crippen molar-refractivity contribution < 1.29 is 18.3 Å². The van der Waals surface area contributed by atoms with Crippen molar-refractivity contribution >= 4 is 17.4 Å². The number of alkyl halides is 2. The van der Waals surface area contributed by atoms with Gasteiger partial charge >= 0.3 is 0 Å². The molecule has 0 unspecified atom stereocenters. The molecule has 124 valence electrons. The molecule has 0 fully saturated rings. The molecule has 0 saturated heterocycles. The van der Waals surface area contributed by atoms with Crippen LogP contribution in [0.4, 0.5) is 8.78 Å². The molecule has 3 aromatic rings. The molecule has 1 aliphatic rings. The first-order chi connectivity index (χ1) is 11.7. The second-order valence-electron chi connectivity index (χ2n) is 5.06. The second kappa shape index (κ2) is 6.23. The SMILES string of the molecule is FC(F)c1nnc2ccc(Sc3ccc4c(c3)OCCCO4)nn12. The minimum atomic E-state index is -2.73. The maximum atomic E-state index is 12.9. The number of rotatable bonds is 3. The second-order valence-corrected chi connectivity index (χ2v) is 6.16. The average Bonchev–Trinajstić information content (AvgIpc) is 2.85. The average molecular weight is 350 g/mol. The smallest absolute Gasteiger partial charge is 0.299 e. The van der Waals surface area contributed by atoms with Gasteiger partial charge in [-0.15, -0.1) is 10.2 Å². The summed E-state index contributed by atoms with van der Waals surface area (Å²) in [6, 6.07) is 8.90. The summed E-state index contributed by atoms with van der Waals surface area (Å²) in [5.74, 6) is 0.918. The van der Waals surface area contributed by atoms with E-state index in [2.05, 4.69) is 15.3 Å². The van der Waals surface area contributed by atoms with Gasteiger partial charge in [0.2, 0.25) is 5.82 Å². The molecule has 0 spiro atoms. The van der Waals surface area contributed by atoms with Crippen molar-refractivity contribution in [2.24, 2.45) is 0 Å². The Kier molecular flexibility index (Phi) is 3.93. The Balaban J connectivity index is 1.64. The van der Waals surface area contributed by atoms with Crippen LogP contribution in [0.5, 0.6) is 11.5 Å². The number of hydrogen-bond acceptors (Lipinski definition) is 6. The lowest BCUT2D eigenvalue weighted by molar-refractivity contribution is 0.137. The van der Waals surface area contributed by atoms with Crippen molar-refractivity contribution in [3.05, 3.63) is 36.2 Å². The molecule has 1 aromatic carbocycles. The molecule has 0 bridgehead atoms. The van der Waals surface area contributed by atoms with Crippen molar-refractivity contribution in [2.45, 2.75) is 22.8 Å². The number of aromatic nitrogens is 4. The van der Waals surface area contributed by atoms with Gasteiger partial charge in [-0.25, -0.2) is 8.78 Å².